The molecule has 3 nitrogen and oxygen atoms in total. The second-order valence-electron chi connectivity index (χ2n) is 7.16. The van der Waals surface area contributed by atoms with E-state index in [4.69, 9.17) is 0 Å². The quantitative estimate of drug-likeness (QED) is 0.912. The summed E-state index contributed by atoms with van der Waals surface area (Å²) in [5.41, 5.74) is 2.72. The zero-order chi connectivity index (χ0) is 15.7. The summed E-state index contributed by atoms with van der Waals surface area (Å²) in [4.78, 5) is 14.7. The summed E-state index contributed by atoms with van der Waals surface area (Å²) in [5, 5.41) is 3.32. The lowest BCUT2D eigenvalue weighted by molar-refractivity contribution is -0.133. The minimum Gasteiger partial charge on any atom is -0.342 e. The normalized spacial score (nSPS) is 24.4. The zero-order valence-corrected chi connectivity index (χ0v) is 15.2. The standard InChI is InChI=1S/C19H28N2O.ClH/c1-13(2)14-4-6-15(7-5-14)17-12-18(17)19(22)21-10-8-16(20-3)9-11-21;/h4-7,13,16-18,20H,8-12H2,1-3H3;1H. The van der Waals surface area contributed by atoms with Crippen molar-refractivity contribution in [3.63, 3.8) is 0 Å². The van der Waals surface area contributed by atoms with E-state index in [9.17, 15) is 4.79 Å². The maximum Gasteiger partial charge on any atom is 0.226 e. The molecule has 2 fully saturated rings. The summed E-state index contributed by atoms with van der Waals surface area (Å²) < 4.78 is 0. The number of piperidine rings is 1. The van der Waals surface area contributed by atoms with Gasteiger partial charge in [-0.25, -0.2) is 0 Å². The average Bonchev–Trinajstić information content (AvgIpc) is 3.35. The van der Waals surface area contributed by atoms with Crippen molar-refractivity contribution >= 4 is 18.3 Å². The molecule has 1 saturated carbocycles. The summed E-state index contributed by atoms with van der Waals surface area (Å²) >= 11 is 0. The first kappa shape index (κ1) is 18.3. The van der Waals surface area contributed by atoms with Crippen molar-refractivity contribution in [1.29, 1.82) is 0 Å². The van der Waals surface area contributed by atoms with Crippen LogP contribution in [0.4, 0.5) is 0 Å². The van der Waals surface area contributed by atoms with Crippen LogP contribution in [-0.2, 0) is 4.79 Å². The fourth-order valence-electron chi connectivity index (χ4n) is 3.59. The molecule has 2 aliphatic rings. The molecule has 0 bridgehead atoms. The van der Waals surface area contributed by atoms with E-state index < -0.39 is 0 Å². The molecule has 2 unspecified atom stereocenters. The minimum atomic E-state index is 0. The average molecular weight is 337 g/mol. The first-order chi connectivity index (χ1) is 10.6. The van der Waals surface area contributed by atoms with Gasteiger partial charge in [-0.3, -0.25) is 4.79 Å². The van der Waals surface area contributed by atoms with E-state index in [-0.39, 0.29) is 18.3 Å². The highest BCUT2D eigenvalue weighted by Crippen LogP contribution is 2.48. The van der Waals surface area contributed by atoms with Crippen LogP contribution >= 0.6 is 12.4 Å². The van der Waals surface area contributed by atoms with Gasteiger partial charge in [0, 0.05) is 25.0 Å². The number of rotatable bonds is 4. The SMILES string of the molecule is CNC1CCN(C(=O)C2CC2c2ccc(C(C)C)cc2)CC1.Cl. The number of amides is 1. The molecule has 1 aromatic carbocycles. The molecule has 0 radical (unpaired) electrons. The molecule has 1 aliphatic heterocycles. The van der Waals surface area contributed by atoms with Gasteiger partial charge in [0.05, 0.1) is 0 Å². The van der Waals surface area contributed by atoms with E-state index >= 15 is 0 Å². The Morgan fingerprint density at radius 1 is 1.17 bits per heavy atom. The maximum atomic E-state index is 12.6. The van der Waals surface area contributed by atoms with Gasteiger partial charge in [-0.15, -0.1) is 12.4 Å². The summed E-state index contributed by atoms with van der Waals surface area (Å²) in [6, 6.07) is 9.47. The van der Waals surface area contributed by atoms with Gasteiger partial charge in [0.25, 0.3) is 0 Å². The minimum absolute atomic E-state index is 0. The lowest BCUT2D eigenvalue weighted by Gasteiger charge is -2.32. The topological polar surface area (TPSA) is 32.3 Å². The molecule has 0 aromatic heterocycles. The molecule has 4 heteroatoms. The van der Waals surface area contributed by atoms with Crippen molar-refractivity contribution in [1.82, 2.24) is 10.2 Å². The van der Waals surface area contributed by atoms with Crippen LogP contribution in [0.2, 0.25) is 0 Å². The van der Waals surface area contributed by atoms with E-state index in [1.807, 2.05) is 7.05 Å². The van der Waals surface area contributed by atoms with Crippen LogP contribution in [-0.4, -0.2) is 37.0 Å². The Hall–Kier alpha value is -1.06. The van der Waals surface area contributed by atoms with Crippen molar-refractivity contribution in [2.24, 2.45) is 5.92 Å². The van der Waals surface area contributed by atoms with Crippen LogP contribution < -0.4 is 5.32 Å². The van der Waals surface area contributed by atoms with Crippen LogP contribution in [0.25, 0.3) is 0 Å². The number of halogens is 1. The molecular formula is C19H29ClN2O. The molecule has 3 rings (SSSR count). The summed E-state index contributed by atoms with van der Waals surface area (Å²) in [5.74, 6) is 1.64. The van der Waals surface area contributed by atoms with Gasteiger partial charge in [0.1, 0.15) is 0 Å². The van der Waals surface area contributed by atoms with Crippen LogP contribution in [0.3, 0.4) is 0 Å². The highest BCUT2D eigenvalue weighted by atomic mass is 35.5. The van der Waals surface area contributed by atoms with Gasteiger partial charge >= 0.3 is 0 Å². The Kier molecular flexibility index (Phi) is 6.10. The maximum absolute atomic E-state index is 12.6. The summed E-state index contributed by atoms with van der Waals surface area (Å²) in [7, 11) is 2.01. The third-order valence-electron chi connectivity index (χ3n) is 5.35. The van der Waals surface area contributed by atoms with Crippen LogP contribution in [0.15, 0.2) is 24.3 Å². The monoisotopic (exact) mass is 336 g/mol. The third kappa shape index (κ3) is 4.07. The molecule has 1 aromatic rings. The predicted molar refractivity (Wildman–Crippen MR) is 97.3 cm³/mol. The van der Waals surface area contributed by atoms with E-state index in [0.717, 1.165) is 32.4 Å². The number of benzene rings is 1. The predicted octanol–water partition coefficient (Wildman–Crippen LogP) is 3.55. The molecule has 1 N–H and O–H groups in total. The van der Waals surface area contributed by atoms with E-state index in [2.05, 4.69) is 48.3 Å². The highest BCUT2D eigenvalue weighted by molar-refractivity contribution is 5.85. The molecule has 1 heterocycles. The van der Waals surface area contributed by atoms with Crippen molar-refractivity contribution in [2.75, 3.05) is 20.1 Å². The molecular weight excluding hydrogens is 308 g/mol. The van der Waals surface area contributed by atoms with Crippen molar-refractivity contribution in [3.05, 3.63) is 35.4 Å². The van der Waals surface area contributed by atoms with Crippen LogP contribution in [0.5, 0.6) is 0 Å². The Morgan fingerprint density at radius 2 is 1.78 bits per heavy atom. The molecule has 0 spiro atoms. The van der Waals surface area contributed by atoms with Crippen molar-refractivity contribution in [2.45, 2.75) is 51.0 Å². The second kappa shape index (κ2) is 7.67. The first-order valence-corrected chi connectivity index (χ1v) is 8.66. The van der Waals surface area contributed by atoms with Crippen LogP contribution in [0, 0.1) is 5.92 Å². The number of nitrogens with zero attached hydrogens (tertiary/aromatic N) is 1. The van der Waals surface area contributed by atoms with Gasteiger partial charge in [-0.05, 0) is 49.3 Å². The number of hydrogen-bond acceptors (Lipinski definition) is 2. The summed E-state index contributed by atoms with van der Waals surface area (Å²) in [6.45, 7) is 6.26. The van der Waals surface area contributed by atoms with E-state index in [1.54, 1.807) is 0 Å². The molecule has 1 amide bonds. The Labute approximate surface area is 146 Å². The summed E-state index contributed by atoms with van der Waals surface area (Å²) in [6.07, 6.45) is 3.21. The van der Waals surface area contributed by atoms with Crippen molar-refractivity contribution in [3.8, 4) is 0 Å². The lowest BCUT2D eigenvalue weighted by Crippen LogP contribution is -2.44. The number of likely N-dealkylation sites (tertiary alicyclic amines) is 1. The van der Waals surface area contributed by atoms with Crippen molar-refractivity contribution < 1.29 is 4.79 Å². The van der Waals surface area contributed by atoms with Gasteiger partial charge in [-0.2, -0.15) is 0 Å². The largest absolute Gasteiger partial charge is 0.342 e. The number of carbonyl (C=O) groups excluding carboxylic acids is 1. The van der Waals surface area contributed by atoms with Gasteiger partial charge in [0.15, 0.2) is 0 Å². The lowest BCUT2D eigenvalue weighted by atomic mass is 9.99. The molecule has 23 heavy (non-hydrogen) atoms. The molecule has 128 valence electrons. The van der Waals surface area contributed by atoms with E-state index in [1.165, 1.54) is 11.1 Å². The first-order valence-electron chi connectivity index (χ1n) is 8.66. The van der Waals surface area contributed by atoms with Gasteiger partial charge in [0.2, 0.25) is 5.91 Å². The smallest absolute Gasteiger partial charge is 0.226 e. The number of nitrogens with one attached hydrogen (secondary N) is 1. The number of hydrogen-bond donors (Lipinski definition) is 1. The molecule has 1 aliphatic carbocycles. The Balaban J connectivity index is 0.00000192. The zero-order valence-electron chi connectivity index (χ0n) is 14.4. The van der Waals surface area contributed by atoms with Gasteiger partial charge in [-0.1, -0.05) is 38.1 Å². The fourth-order valence-corrected chi connectivity index (χ4v) is 3.59. The van der Waals surface area contributed by atoms with Crippen LogP contribution in [0.1, 0.15) is 56.1 Å². The Morgan fingerprint density at radius 3 is 2.30 bits per heavy atom. The second-order valence-corrected chi connectivity index (χ2v) is 7.16. The number of carbonyl (C=O) groups is 1. The molecule has 1 saturated heterocycles. The molecule has 2 atom stereocenters. The highest BCUT2D eigenvalue weighted by Gasteiger charge is 2.46. The van der Waals surface area contributed by atoms with Gasteiger partial charge < -0.3 is 10.2 Å². The van der Waals surface area contributed by atoms with E-state index in [0.29, 0.717) is 23.8 Å². The Bertz CT molecular complexity index is 521. The fraction of sp³-hybridized carbons (Fsp3) is 0.632. The third-order valence-corrected chi connectivity index (χ3v) is 5.35.